The first-order valence-electron chi connectivity index (χ1n) is 6.45. The predicted molar refractivity (Wildman–Crippen MR) is 82.8 cm³/mol. The smallest absolute Gasteiger partial charge is 0.327 e. The molecule has 1 aliphatic rings. The van der Waals surface area contributed by atoms with E-state index < -0.39 is 23.7 Å². The van der Waals surface area contributed by atoms with Gasteiger partial charge in [-0.3, -0.25) is 4.79 Å². The van der Waals surface area contributed by atoms with Crippen molar-refractivity contribution in [2.24, 2.45) is 5.92 Å². The Morgan fingerprint density at radius 2 is 2.14 bits per heavy atom. The fourth-order valence-electron chi connectivity index (χ4n) is 2.29. The maximum atomic E-state index is 13.9. The fourth-order valence-corrected chi connectivity index (χ4v) is 4.12. The number of carboxylic acids is 1. The summed E-state index contributed by atoms with van der Waals surface area (Å²) in [5.74, 6) is -1.89. The molecule has 2 rings (SSSR count). The van der Waals surface area contributed by atoms with E-state index in [0.717, 1.165) is 0 Å². The standard InChI is InChI=1S/C14H15BrFNO3S/c1-7(2)13-17(11(6-21-13)14(19)20)12(18)9-5-8(15)3-4-10(9)16/h3-5,7,11,13H,6H2,1-2H3,(H,19,20). The summed E-state index contributed by atoms with van der Waals surface area (Å²) in [5, 5.41) is 9.03. The Morgan fingerprint density at radius 1 is 1.48 bits per heavy atom. The third-order valence-corrected chi connectivity index (χ3v) is 5.40. The van der Waals surface area contributed by atoms with E-state index in [1.54, 1.807) is 0 Å². The molecule has 1 aromatic carbocycles. The van der Waals surface area contributed by atoms with Gasteiger partial charge in [-0.05, 0) is 24.1 Å². The molecular formula is C14H15BrFNO3S. The highest BCUT2D eigenvalue weighted by molar-refractivity contribution is 9.10. The van der Waals surface area contributed by atoms with E-state index in [1.807, 2.05) is 13.8 Å². The largest absolute Gasteiger partial charge is 0.480 e. The minimum absolute atomic E-state index is 0.0820. The number of hydrogen-bond acceptors (Lipinski definition) is 3. The molecule has 2 atom stereocenters. The summed E-state index contributed by atoms with van der Waals surface area (Å²) >= 11 is 4.62. The molecular weight excluding hydrogens is 361 g/mol. The van der Waals surface area contributed by atoms with Crippen LogP contribution in [0.15, 0.2) is 22.7 Å². The molecule has 0 aliphatic carbocycles. The Hall–Kier alpha value is -1.08. The van der Waals surface area contributed by atoms with Crippen molar-refractivity contribution in [3.05, 3.63) is 34.1 Å². The maximum absolute atomic E-state index is 13.9. The first-order valence-corrected chi connectivity index (χ1v) is 8.29. The average Bonchev–Trinajstić information content (AvgIpc) is 2.85. The van der Waals surface area contributed by atoms with Gasteiger partial charge in [0.2, 0.25) is 0 Å². The molecule has 1 amide bonds. The second kappa shape index (κ2) is 6.36. The molecule has 2 unspecified atom stereocenters. The van der Waals surface area contributed by atoms with Crippen LogP contribution in [0, 0.1) is 11.7 Å². The van der Waals surface area contributed by atoms with Crippen molar-refractivity contribution in [2.75, 3.05) is 5.75 Å². The molecule has 0 radical (unpaired) electrons. The SMILES string of the molecule is CC(C)C1SCC(C(=O)O)N1C(=O)c1cc(Br)ccc1F. The van der Waals surface area contributed by atoms with Crippen molar-refractivity contribution in [3.8, 4) is 0 Å². The van der Waals surface area contributed by atoms with Crippen LogP contribution >= 0.6 is 27.7 Å². The summed E-state index contributed by atoms with van der Waals surface area (Å²) in [7, 11) is 0. The van der Waals surface area contributed by atoms with Gasteiger partial charge in [-0.1, -0.05) is 29.8 Å². The van der Waals surface area contributed by atoms with Gasteiger partial charge in [0.25, 0.3) is 5.91 Å². The summed E-state index contributed by atoms with van der Waals surface area (Å²) in [6.45, 7) is 3.83. The molecule has 21 heavy (non-hydrogen) atoms. The summed E-state index contributed by atoms with van der Waals surface area (Å²) < 4.78 is 14.5. The van der Waals surface area contributed by atoms with Crippen molar-refractivity contribution in [3.63, 3.8) is 0 Å². The molecule has 0 saturated carbocycles. The van der Waals surface area contributed by atoms with Crippen LogP contribution in [-0.2, 0) is 4.79 Å². The number of carbonyl (C=O) groups excluding carboxylic acids is 1. The lowest BCUT2D eigenvalue weighted by Gasteiger charge is -2.29. The van der Waals surface area contributed by atoms with Crippen LogP contribution in [0.25, 0.3) is 0 Å². The Bertz CT molecular complexity index is 581. The molecule has 7 heteroatoms. The lowest BCUT2D eigenvalue weighted by atomic mass is 10.1. The van der Waals surface area contributed by atoms with E-state index in [-0.39, 0.29) is 16.9 Å². The summed E-state index contributed by atoms with van der Waals surface area (Å²) in [5.41, 5.74) is -0.108. The quantitative estimate of drug-likeness (QED) is 0.880. The minimum Gasteiger partial charge on any atom is -0.480 e. The maximum Gasteiger partial charge on any atom is 0.327 e. The van der Waals surface area contributed by atoms with Crippen LogP contribution in [-0.4, -0.2) is 39.1 Å². The Labute approximate surface area is 134 Å². The van der Waals surface area contributed by atoms with Gasteiger partial charge < -0.3 is 10.0 Å². The number of rotatable bonds is 3. The van der Waals surface area contributed by atoms with Gasteiger partial charge >= 0.3 is 5.97 Å². The zero-order valence-electron chi connectivity index (χ0n) is 11.5. The van der Waals surface area contributed by atoms with Gasteiger partial charge in [0.05, 0.1) is 10.9 Å². The average molecular weight is 376 g/mol. The van der Waals surface area contributed by atoms with Gasteiger partial charge in [-0.2, -0.15) is 0 Å². The molecule has 1 aromatic rings. The number of aliphatic carboxylic acids is 1. The lowest BCUT2D eigenvalue weighted by molar-refractivity contribution is -0.141. The molecule has 0 bridgehead atoms. The third-order valence-electron chi connectivity index (χ3n) is 3.28. The number of carboxylic acid groups (broad SMARTS) is 1. The Kier molecular flexibility index (Phi) is 4.93. The Balaban J connectivity index is 2.41. The van der Waals surface area contributed by atoms with E-state index in [2.05, 4.69) is 15.9 Å². The monoisotopic (exact) mass is 375 g/mol. The van der Waals surface area contributed by atoms with Crippen molar-refractivity contribution < 1.29 is 19.1 Å². The van der Waals surface area contributed by atoms with Gasteiger partial charge in [0, 0.05) is 10.2 Å². The van der Waals surface area contributed by atoms with Gasteiger partial charge in [0.15, 0.2) is 0 Å². The summed E-state index contributed by atoms with van der Waals surface area (Å²) in [4.78, 5) is 25.3. The van der Waals surface area contributed by atoms with Crippen LogP contribution in [0.5, 0.6) is 0 Å². The van der Waals surface area contributed by atoms with Crippen LogP contribution in [0.1, 0.15) is 24.2 Å². The van der Waals surface area contributed by atoms with E-state index in [4.69, 9.17) is 0 Å². The highest BCUT2D eigenvalue weighted by Gasteiger charge is 2.43. The number of benzene rings is 1. The molecule has 1 heterocycles. The van der Waals surface area contributed by atoms with Gasteiger partial charge in [-0.15, -0.1) is 11.8 Å². The second-order valence-electron chi connectivity index (χ2n) is 5.16. The van der Waals surface area contributed by atoms with Crippen LogP contribution in [0.4, 0.5) is 4.39 Å². The fraction of sp³-hybridized carbons (Fsp3) is 0.429. The van der Waals surface area contributed by atoms with E-state index in [1.165, 1.54) is 34.9 Å². The number of carbonyl (C=O) groups is 2. The molecule has 0 spiro atoms. The summed E-state index contributed by atoms with van der Waals surface area (Å²) in [6, 6.07) is 3.16. The van der Waals surface area contributed by atoms with Crippen molar-refractivity contribution >= 4 is 39.6 Å². The third kappa shape index (κ3) is 3.23. The minimum atomic E-state index is -1.06. The van der Waals surface area contributed by atoms with Crippen molar-refractivity contribution in [2.45, 2.75) is 25.3 Å². The number of amides is 1. The molecule has 1 fully saturated rings. The lowest BCUT2D eigenvalue weighted by Crippen LogP contribution is -2.47. The van der Waals surface area contributed by atoms with E-state index >= 15 is 0 Å². The Morgan fingerprint density at radius 3 is 2.71 bits per heavy atom. The van der Waals surface area contributed by atoms with Crippen molar-refractivity contribution in [1.82, 2.24) is 4.90 Å². The van der Waals surface area contributed by atoms with E-state index in [9.17, 15) is 19.1 Å². The zero-order valence-corrected chi connectivity index (χ0v) is 13.9. The highest BCUT2D eigenvalue weighted by atomic mass is 79.9. The number of hydrogen-bond donors (Lipinski definition) is 1. The van der Waals surface area contributed by atoms with Crippen molar-refractivity contribution in [1.29, 1.82) is 0 Å². The molecule has 1 saturated heterocycles. The molecule has 0 aromatic heterocycles. The molecule has 1 N–H and O–H groups in total. The predicted octanol–water partition coefficient (Wildman–Crippen LogP) is 3.21. The first kappa shape index (κ1) is 16.3. The summed E-state index contributed by atoms with van der Waals surface area (Å²) in [6.07, 6.45) is 0. The first-order chi connectivity index (χ1) is 9.82. The van der Waals surface area contributed by atoms with Crippen LogP contribution in [0.2, 0.25) is 0 Å². The number of halogens is 2. The van der Waals surface area contributed by atoms with Gasteiger partial charge in [0.1, 0.15) is 11.9 Å². The topological polar surface area (TPSA) is 57.6 Å². The van der Waals surface area contributed by atoms with Crippen LogP contribution < -0.4 is 0 Å². The molecule has 4 nitrogen and oxygen atoms in total. The normalized spacial score (nSPS) is 21.9. The van der Waals surface area contributed by atoms with E-state index in [0.29, 0.717) is 10.2 Å². The molecule has 1 aliphatic heterocycles. The second-order valence-corrected chi connectivity index (χ2v) is 7.22. The van der Waals surface area contributed by atoms with Gasteiger partial charge in [-0.25, -0.2) is 9.18 Å². The number of thioether (sulfide) groups is 1. The van der Waals surface area contributed by atoms with Crippen LogP contribution in [0.3, 0.4) is 0 Å². The number of nitrogens with zero attached hydrogens (tertiary/aromatic N) is 1. The highest BCUT2D eigenvalue weighted by Crippen LogP contribution is 2.35. The molecule has 114 valence electrons. The zero-order chi connectivity index (χ0) is 15.7.